The molecule has 0 N–H and O–H groups in total. The van der Waals surface area contributed by atoms with E-state index in [9.17, 15) is 0 Å². The third-order valence-corrected chi connectivity index (χ3v) is 2.29. The molecule has 76 valence electrons. The second-order valence-electron chi connectivity index (χ2n) is 3.02. The highest BCUT2D eigenvalue weighted by Crippen LogP contribution is 2.16. The Morgan fingerprint density at radius 3 is 2.71 bits per heavy atom. The molecule has 0 spiro atoms. The molecule has 14 heavy (non-hydrogen) atoms. The molecule has 1 unspecified atom stereocenters. The van der Waals surface area contributed by atoms with Crippen LogP contribution in [0.2, 0.25) is 0 Å². The van der Waals surface area contributed by atoms with Crippen molar-refractivity contribution in [3.63, 3.8) is 0 Å². The van der Waals surface area contributed by atoms with Crippen molar-refractivity contribution in [3.05, 3.63) is 23.8 Å². The van der Waals surface area contributed by atoms with E-state index in [0.29, 0.717) is 31.5 Å². The molecule has 1 fully saturated rings. The second kappa shape index (κ2) is 4.68. The molecule has 1 aromatic heterocycles. The molecule has 0 saturated carbocycles. The van der Waals surface area contributed by atoms with E-state index >= 15 is 0 Å². The Morgan fingerprint density at radius 2 is 2.14 bits per heavy atom. The fourth-order valence-corrected chi connectivity index (χ4v) is 1.37. The minimum atomic E-state index is -0.131. The van der Waals surface area contributed by atoms with Crippen molar-refractivity contribution in [2.75, 3.05) is 19.8 Å². The normalized spacial score (nSPS) is 22.2. The predicted molar refractivity (Wildman–Crippen MR) is 51.1 cm³/mol. The third-order valence-electron chi connectivity index (χ3n) is 1.98. The first kappa shape index (κ1) is 9.83. The van der Waals surface area contributed by atoms with Crippen LogP contribution < -0.4 is 0 Å². The summed E-state index contributed by atoms with van der Waals surface area (Å²) >= 11 is 5.63. The van der Waals surface area contributed by atoms with Gasteiger partial charge in [-0.1, -0.05) is 0 Å². The second-order valence-corrected chi connectivity index (χ2v) is 3.28. The lowest BCUT2D eigenvalue weighted by atomic mass is 10.3. The van der Waals surface area contributed by atoms with Gasteiger partial charge >= 0.3 is 0 Å². The van der Waals surface area contributed by atoms with Crippen molar-refractivity contribution in [3.8, 4) is 0 Å². The van der Waals surface area contributed by atoms with Crippen molar-refractivity contribution in [1.82, 2.24) is 9.97 Å². The Labute approximate surface area is 87.2 Å². The van der Waals surface area contributed by atoms with E-state index in [-0.39, 0.29) is 6.10 Å². The summed E-state index contributed by atoms with van der Waals surface area (Å²) in [6.45, 7) is 1.78. The highest BCUT2D eigenvalue weighted by molar-refractivity contribution is 6.17. The molecule has 1 aliphatic heterocycles. The van der Waals surface area contributed by atoms with Crippen LogP contribution in [-0.2, 0) is 15.4 Å². The highest BCUT2D eigenvalue weighted by Gasteiger charge is 2.18. The average molecular weight is 215 g/mol. The smallest absolute Gasteiger partial charge is 0.159 e. The summed E-state index contributed by atoms with van der Waals surface area (Å²) in [5.41, 5.74) is 0.909. The standard InChI is InChI=1S/C9H11ClN2O2/c10-3-7-4-11-9(12-5-7)8-6-13-1-2-14-8/h4-5,8H,1-3,6H2. The van der Waals surface area contributed by atoms with Crippen LogP contribution in [0.25, 0.3) is 0 Å². The Kier molecular flexibility index (Phi) is 3.29. The van der Waals surface area contributed by atoms with E-state index < -0.39 is 0 Å². The lowest BCUT2D eigenvalue weighted by Gasteiger charge is -2.21. The molecule has 5 heteroatoms. The third kappa shape index (κ3) is 2.20. The largest absolute Gasteiger partial charge is 0.376 e. The van der Waals surface area contributed by atoms with Crippen LogP contribution in [0.5, 0.6) is 0 Å². The van der Waals surface area contributed by atoms with Gasteiger partial charge in [-0.15, -0.1) is 11.6 Å². The van der Waals surface area contributed by atoms with E-state index in [4.69, 9.17) is 21.1 Å². The highest BCUT2D eigenvalue weighted by atomic mass is 35.5. The molecule has 1 saturated heterocycles. The van der Waals surface area contributed by atoms with E-state index in [1.165, 1.54) is 0 Å². The number of halogens is 1. The number of aromatic nitrogens is 2. The zero-order valence-corrected chi connectivity index (χ0v) is 8.41. The average Bonchev–Trinajstić information content (AvgIpc) is 2.30. The summed E-state index contributed by atoms with van der Waals surface area (Å²) in [6, 6.07) is 0. The maximum Gasteiger partial charge on any atom is 0.159 e. The fraction of sp³-hybridized carbons (Fsp3) is 0.556. The molecule has 0 bridgehead atoms. The quantitative estimate of drug-likeness (QED) is 0.697. The molecule has 2 rings (SSSR count). The van der Waals surface area contributed by atoms with E-state index in [1.807, 2.05) is 0 Å². The molecule has 4 nitrogen and oxygen atoms in total. The molecule has 1 atom stereocenters. The first-order valence-corrected chi connectivity index (χ1v) is 4.99. The van der Waals surface area contributed by atoms with Crippen LogP contribution >= 0.6 is 11.6 Å². The van der Waals surface area contributed by atoms with Gasteiger partial charge in [0.05, 0.1) is 25.7 Å². The molecule has 0 aromatic carbocycles. The zero-order valence-electron chi connectivity index (χ0n) is 7.65. The summed E-state index contributed by atoms with van der Waals surface area (Å²) in [6.07, 6.45) is 3.30. The maximum atomic E-state index is 5.63. The molecular formula is C9H11ClN2O2. The van der Waals surface area contributed by atoms with Crippen molar-refractivity contribution >= 4 is 11.6 Å². The van der Waals surface area contributed by atoms with Gasteiger partial charge in [0.1, 0.15) is 6.10 Å². The predicted octanol–water partition coefficient (Wildman–Crippen LogP) is 1.30. The van der Waals surface area contributed by atoms with Crippen molar-refractivity contribution in [2.45, 2.75) is 12.0 Å². The molecular weight excluding hydrogens is 204 g/mol. The topological polar surface area (TPSA) is 44.2 Å². The van der Waals surface area contributed by atoms with Crippen LogP contribution in [0.4, 0.5) is 0 Å². The van der Waals surface area contributed by atoms with Crippen LogP contribution in [-0.4, -0.2) is 29.8 Å². The molecule has 0 aliphatic carbocycles. The lowest BCUT2D eigenvalue weighted by Crippen LogP contribution is -2.23. The Morgan fingerprint density at radius 1 is 1.36 bits per heavy atom. The van der Waals surface area contributed by atoms with Gasteiger partial charge in [0.15, 0.2) is 5.82 Å². The van der Waals surface area contributed by atoms with Gasteiger partial charge in [-0.3, -0.25) is 0 Å². The van der Waals surface area contributed by atoms with Crippen molar-refractivity contribution in [2.24, 2.45) is 0 Å². The monoisotopic (exact) mass is 214 g/mol. The van der Waals surface area contributed by atoms with Crippen LogP contribution in [0.15, 0.2) is 12.4 Å². The van der Waals surface area contributed by atoms with E-state index in [2.05, 4.69) is 9.97 Å². The van der Waals surface area contributed by atoms with Crippen LogP contribution in [0, 0.1) is 0 Å². The lowest BCUT2D eigenvalue weighted by molar-refractivity contribution is -0.0935. The summed E-state index contributed by atoms with van der Waals surface area (Å²) < 4.78 is 10.7. The molecule has 0 radical (unpaired) electrons. The Hall–Kier alpha value is -0.710. The van der Waals surface area contributed by atoms with Crippen molar-refractivity contribution < 1.29 is 9.47 Å². The molecule has 2 heterocycles. The van der Waals surface area contributed by atoms with Gasteiger partial charge in [-0.05, 0) is 0 Å². The first-order valence-electron chi connectivity index (χ1n) is 4.46. The van der Waals surface area contributed by atoms with Gasteiger partial charge in [-0.25, -0.2) is 9.97 Å². The van der Waals surface area contributed by atoms with E-state index in [1.54, 1.807) is 12.4 Å². The summed E-state index contributed by atoms with van der Waals surface area (Å²) in [7, 11) is 0. The minimum absolute atomic E-state index is 0.131. The minimum Gasteiger partial charge on any atom is -0.376 e. The maximum absolute atomic E-state index is 5.63. The number of nitrogens with zero attached hydrogens (tertiary/aromatic N) is 2. The van der Waals surface area contributed by atoms with Gasteiger partial charge in [0, 0.05) is 18.0 Å². The number of hydrogen-bond donors (Lipinski definition) is 0. The summed E-state index contributed by atoms with van der Waals surface area (Å²) in [5.74, 6) is 1.10. The van der Waals surface area contributed by atoms with Crippen molar-refractivity contribution in [1.29, 1.82) is 0 Å². The van der Waals surface area contributed by atoms with Gasteiger partial charge in [-0.2, -0.15) is 0 Å². The SMILES string of the molecule is ClCc1cnc(C2COCCO2)nc1. The summed E-state index contributed by atoms with van der Waals surface area (Å²) in [4.78, 5) is 8.35. The molecule has 1 aliphatic rings. The Bertz CT molecular complexity index is 285. The van der Waals surface area contributed by atoms with Gasteiger partial charge < -0.3 is 9.47 Å². The summed E-state index contributed by atoms with van der Waals surface area (Å²) in [5, 5.41) is 0. The van der Waals surface area contributed by atoms with Crippen LogP contribution in [0.3, 0.4) is 0 Å². The number of rotatable bonds is 2. The van der Waals surface area contributed by atoms with Gasteiger partial charge in [0.25, 0.3) is 0 Å². The van der Waals surface area contributed by atoms with Crippen LogP contribution in [0.1, 0.15) is 17.5 Å². The zero-order chi connectivity index (χ0) is 9.80. The Balaban J connectivity index is 2.07. The number of hydrogen-bond acceptors (Lipinski definition) is 4. The fourth-order valence-electron chi connectivity index (χ4n) is 1.24. The molecule has 1 aromatic rings. The number of ether oxygens (including phenoxy) is 2. The van der Waals surface area contributed by atoms with E-state index in [0.717, 1.165) is 5.56 Å². The first-order chi connectivity index (χ1) is 6.90. The van der Waals surface area contributed by atoms with Gasteiger partial charge in [0.2, 0.25) is 0 Å². The molecule has 0 amide bonds. The number of alkyl halides is 1.